The van der Waals surface area contributed by atoms with Gasteiger partial charge in [-0.3, -0.25) is 5.43 Å². The first-order valence-corrected chi connectivity index (χ1v) is 6.21. The van der Waals surface area contributed by atoms with E-state index in [-0.39, 0.29) is 18.4 Å². The van der Waals surface area contributed by atoms with E-state index in [1.165, 1.54) is 0 Å². The molecule has 7 nitrogen and oxygen atoms in total. The van der Waals surface area contributed by atoms with E-state index in [1.807, 2.05) is 0 Å². The van der Waals surface area contributed by atoms with E-state index < -0.39 is 5.97 Å². The number of nitrogens with zero attached hydrogens (tertiary/aromatic N) is 3. The van der Waals surface area contributed by atoms with E-state index in [9.17, 15) is 4.79 Å². The number of rotatable bonds is 2. The molecule has 0 aliphatic carbocycles. The zero-order chi connectivity index (χ0) is 14.1. The first-order valence-electron chi connectivity index (χ1n) is 5.83. The van der Waals surface area contributed by atoms with E-state index in [1.54, 1.807) is 25.1 Å². The maximum atomic E-state index is 11.5. The predicted molar refractivity (Wildman–Crippen MR) is 72.9 cm³/mol. The number of halogens is 1. The number of carbonyl (C=O) groups excluding carboxylic acids is 1. The van der Waals surface area contributed by atoms with Crippen LogP contribution in [0.5, 0.6) is 5.88 Å². The van der Waals surface area contributed by atoms with Crippen molar-refractivity contribution in [1.82, 2.24) is 9.97 Å². The molecular formula is C12H9ClN4O3. The molecule has 0 amide bonds. The van der Waals surface area contributed by atoms with Crippen LogP contribution in [0.25, 0.3) is 11.0 Å². The molecule has 0 unspecified atom stereocenters. The van der Waals surface area contributed by atoms with Crippen LogP contribution in [0.15, 0.2) is 23.3 Å². The van der Waals surface area contributed by atoms with Crippen LogP contribution >= 0.6 is 11.6 Å². The number of fused-ring (bicyclic) bond motifs is 2. The number of aromatic nitrogens is 2. The minimum atomic E-state index is -0.668. The molecule has 1 N–H and O–H groups in total. The Kier molecular flexibility index (Phi) is 3.11. The lowest BCUT2D eigenvalue weighted by molar-refractivity contribution is -0.136. The molecule has 8 heteroatoms. The summed E-state index contributed by atoms with van der Waals surface area (Å²) in [4.78, 5) is 20.1. The second-order valence-corrected chi connectivity index (χ2v) is 4.30. The van der Waals surface area contributed by atoms with Gasteiger partial charge in [0.15, 0.2) is 0 Å². The van der Waals surface area contributed by atoms with Crippen molar-refractivity contribution in [3.8, 4) is 5.88 Å². The summed E-state index contributed by atoms with van der Waals surface area (Å²) in [6.45, 7) is 1.92. The molecule has 1 aliphatic heterocycles. The van der Waals surface area contributed by atoms with Crippen molar-refractivity contribution >= 4 is 40.3 Å². The molecule has 1 aliphatic rings. The van der Waals surface area contributed by atoms with Crippen molar-refractivity contribution in [1.29, 1.82) is 0 Å². The first kappa shape index (κ1) is 12.6. The lowest BCUT2D eigenvalue weighted by Crippen LogP contribution is -2.28. The van der Waals surface area contributed by atoms with E-state index in [4.69, 9.17) is 21.1 Å². The van der Waals surface area contributed by atoms with Crippen molar-refractivity contribution in [3.05, 3.63) is 23.2 Å². The van der Waals surface area contributed by atoms with Crippen molar-refractivity contribution in [2.45, 2.75) is 6.92 Å². The molecule has 2 aromatic rings. The maximum absolute atomic E-state index is 11.5. The summed E-state index contributed by atoms with van der Waals surface area (Å²) in [5.41, 5.74) is 3.81. The number of anilines is 1. The van der Waals surface area contributed by atoms with Gasteiger partial charge in [-0.15, -0.1) is 5.10 Å². The Morgan fingerprint density at radius 2 is 2.25 bits per heavy atom. The van der Waals surface area contributed by atoms with Crippen molar-refractivity contribution < 1.29 is 14.3 Å². The number of carbonyl (C=O) groups is 1. The summed E-state index contributed by atoms with van der Waals surface area (Å²) < 4.78 is 10.1. The number of hydrogen-bond acceptors (Lipinski definition) is 7. The predicted octanol–water partition coefficient (Wildman–Crippen LogP) is 1.96. The molecule has 1 aromatic carbocycles. The van der Waals surface area contributed by atoms with Crippen LogP contribution in [-0.4, -0.2) is 28.4 Å². The molecule has 0 spiro atoms. The average molecular weight is 293 g/mol. The Hall–Kier alpha value is -2.41. The van der Waals surface area contributed by atoms with Gasteiger partial charge in [0.25, 0.3) is 5.88 Å². The third kappa shape index (κ3) is 2.23. The second kappa shape index (κ2) is 4.93. The van der Waals surface area contributed by atoms with E-state index >= 15 is 0 Å². The molecule has 3 rings (SSSR count). The van der Waals surface area contributed by atoms with Crippen LogP contribution in [0.2, 0.25) is 5.02 Å². The van der Waals surface area contributed by atoms with Crippen molar-refractivity contribution in [2.75, 3.05) is 12.0 Å². The fraction of sp³-hybridized carbons (Fsp3) is 0.167. The van der Waals surface area contributed by atoms with Gasteiger partial charge in [-0.1, -0.05) is 11.6 Å². The summed E-state index contributed by atoms with van der Waals surface area (Å²) in [6.07, 6.45) is 0. The number of hydrogen-bond donors (Lipinski definition) is 1. The maximum Gasteiger partial charge on any atom is 0.396 e. The zero-order valence-electron chi connectivity index (χ0n) is 10.4. The minimum absolute atomic E-state index is 0.151. The molecule has 2 heterocycles. The van der Waals surface area contributed by atoms with E-state index in [0.717, 1.165) is 0 Å². The Balaban J connectivity index is 1.98. The normalized spacial score (nSPS) is 13.0. The third-order valence-corrected chi connectivity index (χ3v) is 2.74. The van der Waals surface area contributed by atoms with Gasteiger partial charge in [-0.05, 0) is 25.1 Å². The minimum Gasteiger partial charge on any atom is -0.459 e. The van der Waals surface area contributed by atoms with Crippen LogP contribution in [0.3, 0.4) is 0 Å². The topological polar surface area (TPSA) is 85.7 Å². The SMILES string of the molecule is CCOC(=O)C1=NNc2nc3ccc(Cl)cc3nc2O1. The fourth-order valence-electron chi connectivity index (χ4n) is 1.65. The standard InChI is InChI=1S/C12H9ClN4O3/c1-2-19-12(18)11-17-16-9-10(20-11)15-8-5-6(13)3-4-7(8)14-9/h3-5H,2H2,1H3,(H,14,16). The van der Waals surface area contributed by atoms with Gasteiger partial charge in [0, 0.05) is 5.02 Å². The summed E-state index contributed by atoms with van der Waals surface area (Å²) in [5.74, 6) is -0.403. The van der Waals surface area contributed by atoms with E-state index in [0.29, 0.717) is 21.9 Å². The Morgan fingerprint density at radius 1 is 1.40 bits per heavy atom. The summed E-state index contributed by atoms with van der Waals surface area (Å²) >= 11 is 5.90. The monoisotopic (exact) mass is 292 g/mol. The van der Waals surface area contributed by atoms with Gasteiger partial charge in [-0.25, -0.2) is 14.8 Å². The second-order valence-electron chi connectivity index (χ2n) is 3.86. The van der Waals surface area contributed by atoms with Gasteiger partial charge in [0.1, 0.15) is 0 Å². The van der Waals surface area contributed by atoms with Gasteiger partial charge in [-0.2, -0.15) is 0 Å². The van der Waals surface area contributed by atoms with Crippen molar-refractivity contribution in [2.24, 2.45) is 5.10 Å². The van der Waals surface area contributed by atoms with Crippen molar-refractivity contribution in [3.63, 3.8) is 0 Å². The number of nitrogens with one attached hydrogen (secondary N) is 1. The van der Waals surface area contributed by atoms with Crippen LogP contribution in [0, 0.1) is 0 Å². The summed E-state index contributed by atoms with van der Waals surface area (Å²) in [6, 6.07) is 5.10. The Bertz CT molecular complexity index is 732. The average Bonchev–Trinajstić information content (AvgIpc) is 2.44. The summed E-state index contributed by atoms with van der Waals surface area (Å²) in [7, 11) is 0. The lowest BCUT2D eigenvalue weighted by atomic mass is 10.3. The third-order valence-electron chi connectivity index (χ3n) is 2.50. The fourth-order valence-corrected chi connectivity index (χ4v) is 1.82. The smallest absolute Gasteiger partial charge is 0.396 e. The molecule has 0 fully saturated rings. The molecule has 0 saturated heterocycles. The first-order chi connectivity index (χ1) is 9.67. The highest BCUT2D eigenvalue weighted by atomic mass is 35.5. The molecule has 0 radical (unpaired) electrons. The van der Waals surface area contributed by atoms with Gasteiger partial charge in [0.2, 0.25) is 5.82 Å². The number of benzene rings is 1. The van der Waals surface area contributed by atoms with Crippen LogP contribution < -0.4 is 10.2 Å². The Morgan fingerprint density at radius 3 is 3.05 bits per heavy atom. The highest BCUT2D eigenvalue weighted by Gasteiger charge is 2.24. The molecular weight excluding hydrogens is 284 g/mol. The van der Waals surface area contributed by atoms with Gasteiger partial charge in [0.05, 0.1) is 17.6 Å². The van der Waals surface area contributed by atoms with Crippen LogP contribution in [0.1, 0.15) is 6.92 Å². The molecule has 20 heavy (non-hydrogen) atoms. The van der Waals surface area contributed by atoms with Crippen LogP contribution in [0.4, 0.5) is 5.82 Å². The number of hydrazone groups is 1. The highest BCUT2D eigenvalue weighted by molar-refractivity contribution is 6.33. The largest absolute Gasteiger partial charge is 0.459 e. The molecule has 0 saturated carbocycles. The molecule has 0 atom stereocenters. The number of ether oxygens (including phenoxy) is 2. The zero-order valence-corrected chi connectivity index (χ0v) is 11.1. The van der Waals surface area contributed by atoms with Crippen LogP contribution in [-0.2, 0) is 9.53 Å². The lowest BCUT2D eigenvalue weighted by Gasteiger charge is -2.15. The highest BCUT2D eigenvalue weighted by Crippen LogP contribution is 2.27. The van der Waals surface area contributed by atoms with Gasteiger partial charge >= 0.3 is 11.9 Å². The quantitative estimate of drug-likeness (QED) is 0.852. The Labute approximate surface area is 118 Å². The number of esters is 1. The van der Waals surface area contributed by atoms with E-state index in [2.05, 4.69) is 20.5 Å². The molecule has 102 valence electrons. The molecule has 0 bridgehead atoms. The summed E-state index contributed by atoms with van der Waals surface area (Å²) in [5, 5.41) is 4.29. The molecule has 1 aromatic heterocycles. The van der Waals surface area contributed by atoms with Gasteiger partial charge < -0.3 is 9.47 Å².